The molecule has 0 aromatic heterocycles. The van der Waals surface area contributed by atoms with E-state index in [1.807, 2.05) is 6.92 Å². The third kappa shape index (κ3) is 4.95. The Labute approximate surface area is 168 Å². The lowest BCUT2D eigenvalue weighted by Gasteiger charge is -2.08. The first kappa shape index (κ1) is 21.6. The number of nitrogens with zero attached hydrogens (tertiary/aromatic N) is 1. The van der Waals surface area contributed by atoms with E-state index in [0.717, 1.165) is 11.8 Å². The van der Waals surface area contributed by atoms with Crippen LogP contribution >= 0.6 is 11.8 Å². The minimum atomic E-state index is -0.722. The monoisotopic (exact) mass is 405 g/mol. The number of amides is 1. The van der Waals surface area contributed by atoms with Gasteiger partial charge in [-0.2, -0.15) is 0 Å². The molecule has 1 amide bonds. The fraction of sp³-hybridized carbons (Fsp3) is 0.350. The Morgan fingerprint density at radius 1 is 1.21 bits per heavy atom. The van der Waals surface area contributed by atoms with E-state index in [2.05, 4.69) is 4.99 Å². The first-order chi connectivity index (χ1) is 13.4. The van der Waals surface area contributed by atoms with Gasteiger partial charge in [-0.1, -0.05) is 18.7 Å². The van der Waals surface area contributed by atoms with Gasteiger partial charge in [0, 0.05) is 18.1 Å². The van der Waals surface area contributed by atoms with Crippen LogP contribution in [0.2, 0.25) is 0 Å². The summed E-state index contributed by atoms with van der Waals surface area (Å²) in [6, 6.07) is 5.22. The summed E-state index contributed by atoms with van der Waals surface area (Å²) in [6.45, 7) is 3.66. The third-order valence-corrected chi connectivity index (χ3v) is 4.81. The largest absolute Gasteiger partial charge is 0.506 e. The SMILES string of the molecule is CCCC(=O)N=C1S/C(=C\c2ccc(OC)cc2OC)C(O)=C1C(=O)OCC. The van der Waals surface area contributed by atoms with Crippen LogP contribution < -0.4 is 9.47 Å². The number of benzene rings is 1. The second-order valence-corrected chi connectivity index (χ2v) is 6.75. The molecule has 0 unspecified atom stereocenters. The molecule has 0 saturated heterocycles. The molecule has 0 radical (unpaired) electrons. The number of aliphatic hydroxyl groups is 1. The van der Waals surface area contributed by atoms with Gasteiger partial charge in [-0.15, -0.1) is 0 Å². The average molecular weight is 405 g/mol. The van der Waals surface area contributed by atoms with Gasteiger partial charge in [0.2, 0.25) is 5.91 Å². The van der Waals surface area contributed by atoms with Crippen molar-refractivity contribution in [1.82, 2.24) is 0 Å². The molecule has 7 nitrogen and oxygen atoms in total. The van der Waals surface area contributed by atoms with Crippen molar-refractivity contribution in [3.8, 4) is 11.5 Å². The molecule has 0 aliphatic carbocycles. The van der Waals surface area contributed by atoms with E-state index >= 15 is 0 Å². The molecule has 1 heterocycles. The lowest BCUT2D eigenvalue weighted by Crippen LogP contribution is -2.14. The quantitative estimate of drug-likeness (QED) is 0.688. The highest BCUT2D eigenvalue weighted by Gasteiger charge is 2.33. The second kappa shape index (κ2) is 9.98. The number of rotatable bonds is 7. The highest BCUT2D eigenvalue weighted by atomic mass is 32.2. The van der Waals surface area contributed by atoms with Gasteiger partial charge in [-0.05, 0) is 31.6 Å². The molecule has 0 bridgehead atoms. The molecule has 150 valence electrons. The van der Waals surface area contributed by atoms with Crippen molar-refractivity contribution in [1.29, 1.82) is 0 Å². The van der Waals surface area contributed by atoms with Crippen LogP contribution in [0.15, 0.2) is 39.4 Å². The summed E-state index contributed by atoms with van der Waals surface area (Å²) in [6.07, 6.45) is 2.55. The first-order valence-corrected chi connectivity index (χ1v) is 9.60. The summed E-state index contributed by atoms with van der Waals surface area (Å²) in [7, 11) is 3.07. The highest BCUT2D eigenvalue weighted by molar-refractivity contribution is 8.18. The summed E-state index contributed by atoms with van der Waals surface area (Å²) in [5, 5.41) is 10.7. The average Bonchev–Trinajstić information content (AvgIpc) is 2.97. The van der Waals surface area contributed by atoms with Gasteiger partial charge in [0.05, 0.1) is 25.7 Å². The lowest BCUT2D eigenvalue weighted by atomic mass is 10.1. The van der Waals surface area contributed by atoms with Crippen molar-refractivity contribution in [3.05, 3.63) is 40.0 Å². The fourth-order valence-corrected chi connectivity index (χ4v) is 3.48. The molecule has 2 rings (SSSR count). The Bertz CT molecular complexity index is 856. The molecule has 0 saturated carbocycles. The summed E-state index contributed by atoms with van der Waals surface area (Å²) >= 11 is 1.04. The predicted molar refractivity (Wildman–Crippen MR) is 109 cm³/mol. The van der Waals surface area contributed by atoms with Gasteiger partial charge < -0.3 is 19.3 Å². The molecule has 1 aromatic rings. The maximum absolute atomic E-state index is 12.3. The van der Waals surface area contributed by atoms with Crippen molar-refractivity contribution >= 4 is 34.8 Å². The Balaban J connectivity index is 2.49. The molecular formula is C20H23NO6S. The van der Waals surface area contributed by atoms with Gasteiger partial charge in [0.15, 0.2) is 0 Å². The highest BCUT2D eigenvalue weighted by Crippen LogP contribution is 2.40. The standard InChI is InChI=1S/C20H23NO6S/c1-5-7-16(22)21-19-17(20(24)27-6-2)18(23)15(28-19)10-12-8-9-13(25-3)11-14(12)26-4/h8-11,23H,5-7H2,1-4H3/b15-10-,21-19?. The van der Waals surface area contributed by atoms with Crippen molar-refractivity contribution in [3.63, 3.8) is 0 Å². The molecule has 0 fully saturated rings. The molecule has 1 aromatic carbocycles. The van der Waals surface area contributed by atoms with Gasteiger partial charge >= 0.3 is 5.97 Å². The Morgan fingerprint density at radius 2 is 1.96 bits per heavy atom. The van der Waals surface area contributed by atoms with Gasteiger partial charge in [-0.3, -0.25) is 4.79 Å². The summed E-state index contributed by atoms with van der Waals surface area (Å²) in [5.41, 5.74) is 0.566. The number of aliphatic hydroxyl groups excluding tert-OH is 1. The van der Waals surface area contributed by atoms with Crippen LogP contribution in [-0.4, -0.2) is 42.9 Å². The van der Waals surface area contributed by atoms with E-state index in [1.165, 1.54) is 7.11 Å². The van der Waals surface area contributed by atoms with Crippen molar-refractivity contribution < 1.29 is 28.9 Å². The maximum Gasteiger partial charge on any atom is 0.344 e. The summed E-state index contributed by atoms with van der Waals surface area (Å²) in [4.78, 5) is 28.6. The Kier molecular flexibility index (Phi) is 7.69. The molecule has 1 aliphatic rings. The molecule has 8 heteroatoms. The van der Waals surface area contributed by atoms with E-state index in [1.54, 1.807) is 38.3 Å². The predicted octanol–water partition coefficient (Wildman–Crippen LogP) is 3.89. The number of hydrogen-bond acceptors (Lipinski definition) is 7. The zero-order chi connectivity index (χ0) is 20.7. The van der Waals surface area contributed by atoms with Crippen LogP contribution in [0.1, 0.15) is 32.3 Å². The number of carbonyl (C=O) groups is 2. The van der Waals surface area contributed by atoms with E-state index in [0.29, 0.717) is 28.4 Å². The maximum atomic E-state index is 12.3. The van der Waals surface area contributed by atoms with Crippen molar-refractivity contribution in [2.45, 2.75) is 26.7 Å². The normalized spacial score (nSPS) is 16.6. The number of thioether (sulfide) groups is 1. The molecular weight excluding hydrogens is 382 g/mol. The zero-order valence-electron chi connectivity index (χ0n) is 16.3. The third-order valence-electron chi connectivity index (χ3n) is 3.79. The van der Waals surface area contributed by atoms with Crippen LogP contribution in [0.25, 0.3) is 6.08 Å². The number of carbonyl (C=O) groups excluding carboxylic acids is 2. The van der Waals surface area contributed by atoms with Crippen LogP contribution in [0, 0.1) is 0 Å². The topological polar surface area (TPSA) is 94.4 Å². The molecule has 1 aliphatic heterocycles. The number of ether oxygens (including phenoxy) is 3. The van der Waals surface area contributed by atoms with Crippen LogP contribution in [0.5, 0.6) is 11.5 Å². The summed E-state index contributed by atoms with van der Waals surface area (Å²) in [5.74, 6) is -0.198. The molecule has 1 N–H and O–H groups in total. The zero-order valence-corrected chi connectivity index (χ0v) is 17.1. The molecule has 0 atom stereocenters. The van der Waals surface area contributed by atoms with E-state index < -0.39 is 5.97 Å². The van der Waals surface area contributed by atoms with Gasteiger partial charge in [0.1, 0.15) is 27.9 Å². The Morgan fingerprint density at radius 3 is 2.57 bits per heavy atom. The van der Waals surface area contributed by atoms with Crippen molar-refractivity contribution in [2.75, 3.05) is 20.8 Å². The first-order valence-electron chi connectivity index (χ1n) is 8.79. The van der Waals surface area contributed by atoms with Gasteiger partial charge in [-0.25, -0.2) is 9.79 Å². The van der Waals surface area contributed by atoms with E-state index in [4.69, 9.17) is 14.2 Å². The molecule has 28 heavy (non-hydrogen) atoms. The van der Waals surface area contributed by atoms with Crippen LogP contribution in [-0.2, 0) is 14.3 Å². The number of hydrogen-bond donors (Lipinski definition) is 1. The Hall–Kier alpha value is -2.74. The van der Waals surface area contributed by atoms with Gasteiger partial charge in [0.25, 0.3) is 0 Å². The minimum absolute atomic E-state index is 0.102. The minimum Gasteiger partial charge on any atom is -0.506 e. The number of aliphatic imine (C=N–C) groups is 1. The molecule has 0 spiro atoms. The van der Waals surface area contributed by atoms with Crippen LogP contribution in [0.3, 0.4) is 0 Å². The smallest absolute Gasteiger partial charge is 0.344 e. The van der Waals surface area contributed by atoms with E-state index in [9.17, 15) is 14.7 Å². The number of esters is 1. The second-order valence-electron chi connectivity index (χ2n) is 5.72. The lowest BCUT2D eigenvalue weighted by molar-refractivity contribution is -0.138. The van der Waals surface area contributed by atoms with E-state index in [-0.39, 0.29) is 35.3 Å². The summed E-state index contributed by atoms with van der Waals surface area (Å²) < 4.78 is 15.6. The number of methoxy groups -OCH3 is 2. The van der Waals surface area contributed by atoms with Crippen molar-refractivity contribution in [2.24, 2.45) is 4.99 Å². The van der Waals surface area contributed by atoms with Crippen LogP contribution in [0.4, 0.5) is 0 Å². The fourth-order valence-electron chi connectivity index (χ4n) is 2.45.